The Kier molecular flexibility index (Phi) is 7.90. The summed E-state index contributed by atoms with van der Waals surface area (Å²) < 4.78 is 34.0. The van der Waals surface area contributed by atoms with E-state index in [0.717, 1.165) is 5.56 Å². The molecular formula is C21H28N2O5S. The van der Waals surface area contributed by atoms with Crippen LogP contribution in [0.1, 0.15) is 33.3 Å². The molecule has 1 N–H and O–H groups in total. The highest BCUT2D eigenvalue weighted by atomic mass is 32.2. The first-order valence-electron chi connectivity index (χ1n) is 9.56. The van der Waals surface area contributed by atoms with Crippen LogP contribution in [-0.4, -0.2) is 37.8 Å². The van der Waals surface area contributed by atoms with Crippen molar-refractivity contribution in [2.75, 3.05) is 17.7 Å². The molecule has 8 heteroatoms. The summed E-state index contributed by atoms with van der Waals surface area (Å²) in [6, 6.07) is 13.6. The number of para-hydroxylation sites is 2. The van der Waals surface area contributed by atoms with Gasteiger partial charge >= 0.3 is 16.1 Å². The van der Waals surface area contributed by atoms with E-state index in [2.05, 4.69) is 5.32 Å². The normalized spacial score (nSPS) is 11.2. The third kappa shape index (κ3) is 6.67. The number of hydrogen-bond donors (Lipinski definition) is 1. The standard InChI is InChI=1S/C21H28N2O5S/c1-5-27-20-13-8-7-12-19(20)22-21(24)23(16(3)4)15-17-10-9-11-18(14-17)28-29(25,26)6-2/h7-14,16H,5-6,15H2,1-4H3,(H,22,24). The molecule has 0 bridgehead atoms. The lowest BCUT2D eigenvalue weighted by Gasteiger charge is -2.27. The number of nitrogens with one attached hydrogen (secondary N) is 1. The van der Waals surface area contributed by atoms with Crippen LogP contribution in [0.15, 0.2) is 48.5 Å². The monoisotopic (exact) mass is 420 g/mol. The van der Waals surface area contributed by atoms with E-state index in [1.807, 2.05) is 39.0 Å². The average Bonchev–Trinajstić information content (AvgIpc) is 2.67. The molecular weight excluding hydrogens is 392 g/mol. The summed E-state index contributed by atoms with van der Waals surface area (Å²) in [5, 5.41) is 2.89. The minimum atomic E-state index is -3.61. The molecule has 0 radical (unpaired) electrons. The Morgan fingerprint density at radius 1 is 1.10 bits per heavy atom. The van der Waals surface area contributed by atoms with Crippen LogP contribution < -0.4 is 14.2 Å². The van der Waals surface area contributed by atoms with Crippen molar-refractivity contribution < 1.29 is 22.1 Å². The maximum Gasteiger partial charge on any atom is 0.322 e. The van der Waals surface area contributed by atoms with Crippen molar-refractivity contribution in [1.29, 1.82) is 0 Å². The summed E-state index contributed by atoms with van der Waals surface area (Å²) >= 11 is 0. The highest BCUT2D eigenvalue weighted by molar-refractivity contribution is 7.87. The smallest absolute Gasteiger partial charge is 0.322 e. The van der Waals surface area contributed by atoms with Crippen LogP contribution in [0.5, 0.6) is 11.5 Å². The van der Waals surface area contributed by atoms with Crippen molar-refractivity contribution in [3.05, 3.63) is 54.1 Å². The van der Waals surface area contributed by atoms with Gasteiger partial charge in [0.15, 0.2) is 0 Å². The van der Waals surface area contributed by atoms with Crippen molar-refractivity contribution >= 4 is 21.8 Å². The Bertz CT molecular complexity index is 928. The number of anilines is 1. The molecule has 0 fully saturated rings. The molecule has 2 aromatic carbocycles. The van der Waals surface area contributed by atoms with Crippen LogP contribution in [0.2, 0.25) is 0 Å². The van der Waals surface area contributed by atoms with E-state index in [9.17, 15) is 13.2 Å². The third-order valence-electron chi connectivity index (χ3n) is 4.14. The second-order valence-corrected chi connectivity index (χ2v) is 8.52. The summed E-state index contributed by atoms with van der Waals surface area (Å²) in [6.07, 6.45) is 0. The van der Waals surface area contributed by atoms with Gasteiger partial charge in [0.25, 0.3) is 0 Å². The lowest BCUT2D eigenvalue weighted by Crippen LogP contribution is -2.39. The zero-order valence-electron chi connectivity index (χ0n) is 17.2. The van der Waals surface area contributed by atoms with Gasteiger partial charge in [0.2, 0.25) is 0 Å². The summed E-state index contributed by atoms with van der Waals surface area (Å²) in [5.41, 5.74) is 1.35. The number of urea groups is 1. The number of amides is 2. The quantitative estimate of drug-likeness (QED) is 0.613. The number of ether oxygens (including phenoxy) is 1. The van der Waals surface area contributed by atoms with Crippen molar-refractivity contribution in [2.45, 2.75) is 40.3 Å². The van der Waals surface area contributed by atoms with Gasteiger partial charge in [-0.25, -0.2) is 4.79 Å². The Morgan fingerprint density at radius 2 is 1.83 bits per heavy atom. The van der Waals surface area contributed by atoms with Crippen LogP contribution in [0, 0.1) is 0 Å². The molecule has 2 aromatic rings. The predicted octanol–water partition coefficient (Wildman–Crippen LogP) is 4.26. The van der Waals surface area contributed by atoms with Crippen LogP contribution >= 0.6 is 0 Å². The number of rotatable bonds is 9. The maximum atomic E-state index is 12.9. The lowest BCUT2D eigenvalue weighted by molar-refractivity contribution is 0.193. The zero-order valence-corrected chi connectivity index (χ0v) is 18.0. The summed E-state index contributed by atoms with van der Waals surface area (Å²) in [5.74, 6) is 0.721. The number of carbonyl (C=O) groups excluding carboxylic acids is 1. The van der Waals surface area contributed by atoms with Crippen LogP contribution in [0.4, 0.5) is 10.5 Å². The number of hydrogen-bond acceptors (Lipinski definition) is 5. The fourth-order valence-electron chi connectivity index (χ4n) is 2.63. The molecule has 0 saturated carbocycles. The van der Waals surface area contributed by atoms with E-state index >= 15 is 0 Å². The molecule has 0 atom stereocenters. The number of carbonyl (C=O) groups is 1. The molecule has 0 aromatic heterocycles. The van der Waals surface area contributed by atoms with Gasteiger partial charge < -0.3 is 19.1 Å². The Balaban J connectivity index is 2.17. The second kappa shape index (κ2) is 10.2. The Labute approximate surface area is 172 Å². The Hall–Kier alpha value is -2.74. The van der Waals surface area contributed by atoms with Crippen molar-refractivity contribution in [3.8, 4) is 11.5 Å². The SMILES string of the molecule is CCOc1ccccc1NC(=O)N(Cc1cccc(OS(=O)(=O)CC)c1)C(C)C. The second-order valence-electron chi connectivity index (χ2n) is 6.66. The Morgan fingerprint density at radius 3 is 2.48 bits per heavy atom. The summed E-state index contributed by atoms with van der Waals surface area (Å²) in [4.78, 5) is 14.6. The van der Waals surface area contributed by atoms with Gasteiger partial charge in [-0.1, -0.05) is 24.3 Å². The molecule has 2 amide bonds. The summed E-state index contributed by atoms with van der Waals surface area (Å²) in [6.45, 7) is 8.01. The minimum absolute atomic E-state index is 0.0850. The summed E-state index contributed by atoms with van der Waals surface area (Å²) in [7, 11) is -3.61. The minimum Gasteiger partial charge on any atom is -0.492 e. The van der Waals surface area contributed by atoms with Gasteiger partial charge in [0, 0.05) is 12.6 Å². The fraction of sp³-hybridized carbons (Fsp3) is 0.381. The molecule has 2 rings (SSSR count). The van der Waals surface area contributed by atoms with Gasteiger partial charge in [0.05, 0.1) is 18.0 Å². The predicted molar refractivity (Wildman–Crippen MR) is 114 cm³/mol. The first-order valence-corrected chi connectivity index (χ1v) is 11.1. The number of nitrogens with zero attached hydrogens (tertiary/aromatic N) is 1. The van der Waals surface area contributed by atoms with E-state index < -0.39 is 10.1 Å². The molecule has 0 heterocycles. The average molecular weight is 421 g/mol. The molecule has 0 saturated heterocycles. The fourth-order valence-corrected chi connectivity index (χ4v) is 3.14. The largest absolute Gasteiger partial charge is 0.492 e. The molecule has 0 aliphatic rings. The molecule has 0 spiro atoms. The van der Waals surface area contributed by atoms with Gasteiger partial charge in [-0.05, 0) is 57.5 Å². The van der Waals surface area contributed by atoms with Crippen LogP contribution in [0.25, 0.3) is 0 Å². The van der Waals surface area contributed by atoms with Crippen molar-refractivity contribution in [1.82, 2.24) is 4.90 Å². The lowest BCUT2D eigenvalue weighted by atomic mass is 10.2. The zero-order chi connectivity index (χ0) is 21.4. The van der Waals surface area contributed by atoms with Crippen molar-refractivity contribution in [2.24, 2.45) is 0 Å². The number of benzene rings is 2. The van der Waals surface area contributed by atoms with E-state index in [4.69, 9.17) is 8.92 Å². The van der Waals surface area contributed by atoms with Gasteiger partial charge in [0.1, 0.15) is 11.5 Å². The highest BCUT2D eigenvalue weighted by Crippen LogP contribution is 2.25. The van der Waals surface area contributed by atoms with Gasteiger partial charge in [-0.15, -0.1) is 0 Å². The first kappa shape index (κ1) is 22.5. The molecule has 158 valence electrons. The molecule has 0 aliphatic heterocycles. The van der Waals surface area contributed by atoms with E-state index in [0.29, 0.717) is 24.6 Å². The van der Waals surface area contributed by atoms with Crippen molar-refractivity contribution in [3.63, 3.8) is 0 Å². The molecule has 0 aliphatic carbocycles. The highest BCUT2D eigenvalue weighted by Gasteiger charge is 2.19. The first-order chi connectivity index (χ1) is 13.8. The van der Waals surface area contributed by atoms with Gasteiger partial charge in [-0.3, -0.25) is 0 Å². The topological polar surface area (TPSA) is 84.9 Å². The van der Waals surface area contributed by atoms with Crippen LogP contribution in [0.3, 0.4) is 0 Å². The van der Waals surface area contributed by atoms with E-state index in [-0.39, 0.29) is 23.6 Å². The molecule has 0 unspecified atom stereocenters. The van der Waals surface area contributed by atoms with Crippen LogP contribution in [-0.2, 0) is 16.7 Å². The maximum absolute atomic E-state index is 12.9. The molecule has 29 heavy (non-hydrogen) atoms. The molecule has 7 nitrogen and oxygen atoms in total. The van der Waals surface area contributed by atoms with Gasteiger partial charge in [-0.2, -0.15) is 8.42 Å². The van der Waals surface area contributed by atoms with E-state index in [1.165, 1.54) is 6.92 Å². The van der Waals surface area contributed by atoms with E-state index in [1.54, 1.807) is 35.2 Å². The third-order valence-corrected chi connectivity index (χ3v) is 5.29.